The lowest BCUT2D eigenvalue weighted by Gasteiger charge is -2.21. The summed E-state index contributed by atoms with van der Waals surface area (Å²) in [5, 5.41) is 2.77. The normalized spacial score (nSPS) is 17.8. The fraction of sp³-hybridized carbons (Fsp3) is 0.364. The lowest BCUT2D eigenvalue weighted by atomic mass is 9.95. The molecule has 0 unspecified atom stereocenters. The molecule has 2 rings (SSSR count). The summed E-state index contributed by atoms with van der Waals surface area (Å²) in [4.78, 5) is 12.0. The summed E-state index contributed by atoms with van der Waals surface area (Å²) in [5.74, 6) is -0.240. The Kier molecular flexibility index (Phi) is 2.63. The van der Waals surface area contributed by atoms with Crippen LogP contribution in [0.15, 0.2) is 21.5 Å². The molecule has 6 heteroatoms. The summed E-state index contributed by atoms with van der Waals surface area (Å²) in [6.07, 6.45) is 1.15. The molecule has 0 spiro atoms. The van der Waals surface area contributed by atoms with Gasteiger partial charge in [-0.25, -0.2) is 8.42 Å². The molecule has 4 nitrogen and oxygen atoms in total. The van der Waals surface area contributed by atoms with Gasteiger partial charge in [0, 0.05) is 21.9 Å². The molecular weight excluding hydrogens is 306 g/mol. The van der Waals surface area contributed by atoms with Crippen LogP contribution in [0.3, 0.4) is 0 Å². The molecule has 1 amide bonds. The highest BCUT2D eigenvalue weighted by molar-refractivity contribution is 9.10. The van der Waals surface area contributed by atoms with Crippen LogP contribution >= 0.6 is 15.9 Å². The van der Waals surface area contributed by atoms with Crippen molar-refractivity contribution >= 4 is 31.7 Å². The van der Waals surface area contributed by atoms with Crippen molar-refractivity contribution in [3.8, 4) is 0 Å². The molecule has 0 bridgehead atoms. The third-order valence-electron chi connectivity index (χ3n) is 2.76. The van der Waals surface area contributed by atoms with Gasteiger partial charge < -0.3 is 5.32 Å². The molecule has 0 saturated carbocycles. The minimum absolute atomic E-state index is 0.199. The summed E-state index contributed by atoms with van der Waals surface area (Å²) in [6.45, 7) is 3.58. The van der Waals surface area contributed by atoms with E-state index in [9.17, 15) is 13.2 Å². The molecule has 0 aliphatic carbocycles. The molecule has 0 radical (unpaired) electrons. The molecule has 1 aromatic carbocycles. The van der Waals surface area contributed by atoms with Crippen molar-refractivity contribution in [1.29, 1.82) is 0 Å². The van der Waals surface area contributed by atoms with E-state index in [0.29, 0.717) is 15.6 Å². The number of carbonyl (C=O) groups excluding carboxylic acids is 1. The maximum Gasteiger partial charge on any atom is 0.252 e. The first-order chi connectivity index (χ1) is 7.63. The average Bonchev–Trinajstić information content (AvgIpc) is 2.34. The van der Waals surface area contributed by atoms with E-state index >= 15 is 0 Å². The molecule has 1 heterocycles. The number of hydrogen-bond donors (Lipinski definition) is 1. The second-order valence-corrected chi connectivity index (χ2v) is 7.58. The summed E-state index contributed by atoms with van der Waals surface area (Å²) in [5.41, 5.74) is 0.309. The molecule has 1 aliphatic rings. The van der Waals surface area contributed by atoms with Crippen LogP contribution in [0, 0.1) is 0 Å². The van der Waals surface area contributed by atoms with Gasteiger partial charge in [0.2, 0.25) is 0 Å². The largest absolute Gasteiger partial charge is 0.343 e. The Morgan fingerprint density at radius 1 is 1.29 bits per heavy atom. The summed E-state index contributed by atoms with van der Waals surface area (Å²) < 4.78 is 24.1. The second kappa shape index (κ2) is 3.55. The van der Waals surface area contributed by atoms with Crippen LogP contribution in [0.25, 0.3) is 0 Å². The molecule has 0 saturated heterocycles. The molecule has 1 N–H and O–H groups in total. The number of nitrogens with one attached hydrogen (secondary N) is 1. The van der Waals surface area contributed by atoms with E-state index in [1.165, 1.54) is 6.07 Å². The van der Waals surface area contributed by atoms with E-state index < -0.39 is 15.4 Å². The third-order valence-corrected chi connectivity index (χ3v) is 4.34. The molecule has 1 aliphatic heterocycles. The first-order valence-corrected chi connectivity index (χ1v) is 7.68. The first-order valence-electron chi connectivity index (χ1n) is 4.99. The van der Waals surface area contributed by atoms with Gasteiger partial charge in [0.05, 0.1) is 10.4 Å². The van der Waals surface area contributed by atoms with Crippen molar-refractivity contribution in [2.45, 2.75) is 24.3 Å². The Hall–Kier alpha value is -0.880. The number of carbonyl (C=O) groups is 1. The Labute approximate surface area is 108 Å². The van der Waals surface area contributed by atoms with Gasteiger partial charge >= 0.3 is 0 Å². The Morgan fingerprint density at radius 2 is 1.88 bits per heavy atom. The van der Waals surface area contributed by atoms with Gasteiger partial charge in [-0.3, -0.25) is 4.79 Å². The van der Waals surface area contributed by atoms with Gasteiger partial charge in [0.1, 0.15) is 0 Å². The van der Waals surface area contributed by atoms with Crippen LogP contribution in [0.2, 0.25) is 0 Å². The average molecular weight is 318 g/mol. The smallest absolute Gasteiger partial charge is 0.252 e. The predicted octanol–water partition coefficient (Wildman–Crippen LogP) is 1.83. The summed E-state index contributed by atoms with van der Waals surface area (Å²) in [6, 6.07) is 3.18. The summed E-state index contributed by atoms with van der Waals surface area (Å²) >= 11 is 3.23. The Bertz CT molecular complexity index is 620. The third kappa shape index (κ3) is 1.99. The van der Waals surface area contributed by atoms with Crippen molar-refractivity contribution in [2.75, 3.05) is 6.26 Å². The number of sulfone groups is 1. The zero-order valence-corrected chi connectivity index (χ0v) is 12.1. The van der Waals surface area contributed by atoms with Crippen LogP contribution in [0.1, 0.15) is 29.8 Å². The van der Waals surface area contributed by atoms with Crippen LogP contribution in [-0.4, -0.2) is 20.6 Å². The van der Waals surface area contributed by atoms with Crippen LogP contribution in [0.4, 0.5) is 0 Å². The van der Waals surface area contributed by atoms with Crippen molar-refractivity contribution in [2.24, 2.45) is 0 Å². The highest BCUT2D eigenvalue weighted by Crippen LogP contribution is 2.37. The van der Waals surface area contributed by atoms with Gasteiger partial charge in [-0.1, -0.05) is 15.9 Å². The number of hydrogen-bond acceptors (Lipinski definition) is 3. The number of fused-ring (bicyclic) bond motifs is 1. The van der Waals surface area contributed by atoms with E-state index in [2.05, 4.69) is 21.2 Å². The Morgan fingerprint density at radius 3 is 2.41 bits per heavy atom. The first kappa shape index (κ1) is 12.6. The standard InChI is InChI=1S/C11H12BrNO3S/c1-11(2)9-7(10(14)13-11)4-6(12)5-8(9)17(3,15)16/h4-5H,1-3H3,(H,13,14). The molecule has 0 aromatic heterocycles. The fourth-order valence-electron chi connectivity index (χ4n) is 2.11. The summed E-state index contributed by atoms with van der Waals surface area (Å²) in [7, 11) is -3.37. The molecule has 0 atom stereocenters. The SMILES string of the molecule is CC1(C)NC(=O)c2cc(Br)cc(S(C)(=O)=O)c21. The number of halogens is 1. The van der Waals surface area contributed by atoms with E-state index in [1.807, 2.05) is 0 Å². The minimum atomic E-state index is -3.37. The van der Waals surface area contributed by atoms with Gasteiger partial charge in [-0.2, -0.15) is 0 Å². The zero-order chi connectivity index (χ0) is 13.0. The predicted molar refractivity (Wildman–Crippen MR) is 67.7 cm³/mol. The highest BCUT2D eigenvalue weighted by atomic mass is 79.9. The van der Waals surface area contributed by atoms with Crippen molar-refractivity contribution < 1.29 is 13.2 Å². The monoisotopic (exact) mass is 317 g/mol. The lowest BCUT2D eigenvalue weighted by molar-refractivity contribution is 0.0940. The van der Waals surface area contributed by atoms with E-state index in [0.717, 1.165) is 6.26 Å². The molecular formula is C11H12BrNO3S. The topological polar surface area (TPSA) is 63.2 Å². The van der Waals surface area contributed by atoms with E-state index in [1.54, 1.807) is 19.9 Å². The molecule has 17 heavy (non-hydrogen) atoms. The second-order valence-electron chi connectivity index (χ2n) is 4.68. The molecule has 1 aromatic rings. The van der Waals surface area contributed by atoms with Crippen LogP contribution in [0.5, 0.6) is 0 Å². The number of rotatable bonds is 1. The maximum absolute atomic E-state index is 11.8. The van der Waals surface area contributed by atoms with E-state index in [4.69, 9.17) is 0 Å². The molecule has 0 fully saturated rings. The van der Waals surface area contributed by atoms with Crippen molar-refractivity contribution in [1.82, 2.24) is 5.32 Å². The van der Waals surface area contributed by atoms with Crippen molar-refractivity contribution in [3.63, 3.8) is 0 Å². The van der Waals surface area contributed by atoms with E-state index in [-0.39, 0.29) is 10.8 Å². The minimum Gasteiger partial charge on any atom is -0.343 e. The fourth-order valence-corrected chi connectivity index (χ4v) is 3.80. The lowest BCUT2D eigenvalue weighted by Crippen LogP contribution is -2.33. The van der Waals surface area contributed by atoms with Gasteiger partial charge in [0.25, 0.3) is 5.91 Å². The molecule has 92 valence electrons. The number of benzene rings is 1. The van der Waals surface area contributed by atoms with Crippen molar-refractivity contribution in [3.05, 3.63) is 27.7 Å². The number of amides is 1. The van der Waals surface area contributed by atoms with Gasteiger partial charge in [-0.15, -0.1) is 0 Å². The maximum atomic E-state index is 11.8. The highest BCUT2D eigenvalue weighted by Gasteiger charge is 2.39. The quantitative estimate of drug-likeness (QED) is 0.859. The van der Waals surface area contributed by atoms with Crippen LogP contribution < -0.4 is 5.32 Å². The van der Waals surface area contributed by atoms with Gasteiger partial charge in [-0.05, 0) is 26.0 Å². The van der Waals surface area contributed by atoms with Crippen LogP contribution in [-0.2, 0) is 15.4 Å². The van der Waals surface area contributed by atoms with Gasteiger partial charge in [0.15, 0.2) is 9.84 Å². The zero-order valence-electron chi connectivity index (χ0n) is 9.67. The Balaban J connectivity index is 2.90.